The third-order valence-electron chi connectivity index (χ3n) is 3.22. The molecule has 0 saturated carbocycles. The van der Waals surface area contributed by atoms with Crippen LogP contribution in [0.15, 0.2) is 29.8 Å². The summed E-state index contributed by atoms with van der Waals surface area (Å²) in [7, 11) is 1.46. The van der Waals surface area contributed by atoms with E-state index in [1.807, 2.05) is 6.92 Å². The van der Waals surface area contributed by atoms with Gasteiger partial charge in [0.15, 0.2) is 0 Å². The lowest BCUT2D eigenvalue weighted by Gasteiger charge is -2.12. The Hall–Kier alpha value is -2.67. The van der Waals surface area contributed by atoms with E-state index in [-0.39, 0.29) is 30.8 Å². The summed E-state index contributed by atoms with van der Waals surface area (Å²) in [6, 6.07) is 6.81. The minimum Gasteiger partial charge on any atom is -0.481 e. The van der Waals surface area contributed by atoms with Gasteiger partial charge in [-0.25, -0.2) is 4.79 Å². The van der Waals surface area contributed by atoms with Crippen molar-refractivity contribution < 1.29 is 34.1 Å². The SMILES string of the molecule is COCCOC(=O)CC(=C(CC(=O)O)C(=O)O)c1ccc(C)cc1. The van der Waals surface area contributed by atoms with Crippen LogP contribution in [0.25, 0.3) is 5.57 Å². The van der Waals surface area contributed by atoms with E-state index in [9.17, 15) is 19.5 Å². The zero-order valence-corrected chi connectivity index (χ0v) is 13.6. The second-order valence-corrected chi connectivity index (χ2v) is 5.09. The molecular weight excluding hydrogens is 316 g/mol. The fourth-order valence-electron chi connectivity index (χ4n) is 2.03. The van der Waals surface area contributed by atoms with Crippen LogP contribution in [0.2, 0.25) is 0 Å². The molecule has 2 N–H and O–H groups in total. The Morgan fingerprint density at radius 3 is 2.12 bits per heavy atom. The maximum atomic E-state index is 11.9. The maximum Gasteiger partial charge on any atom is 0.332 e. The summed E-state index contributed by atoms with van der Waals surface area (Å²) in [5, 5.41) is 18.3. The van der Waals surface area contributed by atoms with Gasteiger partial charge in [-0.2, -0.15) is 0 Å². The Bertz CT molecular complexity index is 629. The average molecular weight is 336 g/mol. The van der Waals surface area contributed by atoms with Crippen molar-refractivity contribution >= 4 is 23.5 Å². The molecule has 0 aliphatic rings. The van der Waals surface area contributed by atoms with E-state index < -0.39 is 24.3 Å². The molecule has 0 bridgehead atoms. The number of carbonyl (C=O) groups is 3. The lowest BCUT2D eigenvalue weighted by molar-refractivity contribution is -0.143. The molecule has 130 valence electrons. The Morgan fingerprint density at radius 2 is 1.62 bits per heavy atom. The van der Waals surface area contributed by atoms with Gasteiger partial charge in [0.25, 0.3) is 0 Å². The molecule has 24 heavy (non-hydrogen) atoms. The molecule has 0 spiro atoms. The number of benzene rings is 1. The van der Waals surface area contributed by atoms with Crippen molar-refractivity contribution in [2.45, 2.75) is 19.8 Å². The Labute approximate surface area is 139 Å². The van der Waals surface area contributed by atoms with Crippen LogP contribution < -0.4 is 0 Å². The van der Waals surface area contributed by atoms with Crippen molar-refractivity contribution in [3.05, 3.63) is 41.0 Å². The molecule has 7 heteroatoms. The van der Waals surface area contributed by atoms with E-state index in [4.69, 9.17) is 14.6 Å². The predicted molar refractivity (Wildman–Crippen MR) is 85.4 cm³/mol. The quantitative estimate of drug-likeness (QED) is 0.402. The van der Waals surface area contributed by atoms with Crippen molar-refractivity contribution in [1.29, 1.82) is 0 Å². The second-order valence-electron chi connectivity index (χ2n) is 5.09. The van der Waals surface area contributed by atoms with Crippen molar-refractivity contribution in [2.24, 2.45) is 0 Å². The van der Waals surface area contributed by atoms with Crippen LogP contribution in [-0.2, 0) is 23.9 Å². The van der Waals surface area contributed by atoms with Crippen molar-refractivity contribution in [3.63, 3.8) is 0 Å². The number of hydrogen-bond donors (Lipinski definition) is 2. The van der Waals surface area contributed by atoms with Gasteiger partial charge in [-0.05, 0) is 18.1 Å². The zero-order valence-electron chi connectivity index (χ0n) is 13.6. The highest BCUT2D eigenvalue weighted by Crippen LogP contribution is 2.26. The minimum absolute atomic E-state index is 0.0395. The topological polar surface area (TPSA) is 110 Å². The van der Waals surface area contributed by atoms with Crippen LogP contribution in [0.1, 0.15) is 24.0 Å². The molecule has 0 amide bonds. The Kier molecular flexibility index (Phi) is 7.64. The van der Waals surface area contributed by atoms with E-state index in [0.29, 0.717) is 5.56 Å². The molecule has 7 nitrogen and oxygen atoms in total. The van der Waals surface area contributed by atoms with Crippen LogP contribution in [0.4, 0.5) is 0 Å². The highest BCUT2D eigenvalue weighted by atomic mass is 16.6. The number of carboxylic acids is 2. The van der Waals surface area contributed by atoms with Gasteiger partial charge in [0, 0.05) is 7.11 Å². The first kappa shape index (κ1) is 19.4. The summed E-state index contributed by atoms with van der Waals surface area (Å²) < 4.78 is 9.73. The normalized spacial score (nSPS) is 11.6. The largest absolute Gasteiger partial charge is 0.481 e. The number of hydrogen-bond acceptors (Lipinski definition) is 5. The smallest absolute Gasteiger partial charge is 0.332 e. The van der Waals surface area contributed by atoms with Gasteiger partial charge in [-0.1, -0.05) is 29.8 Å². The van der Waals surface area contributed by atoms with Gasteiger partial charge in [0.2, 0.25) is 0 Å². The number of carboxylic acid groups (broad SMARTS) is 2. The molecule has 1 rings (SSSR count). The molecule has 0 aromatic heterocycles. The Morgan fingerprint density at radius 1 is 1.00 bits per heavy atom. The van der Waals surface area contributed by atoms with E-state index >= 15 is 0 Å². The molecule has 0 atom stereocenters. The summed E-state index contributed by atoms with van der Waals surface area (Å²) in [4.78, 5) is 34.4. The number of methoxy groups -OCH3 is 1. The van der Waals surface area contributed by atoms with E-state index in [2.05, 4.69) is 0 Å². The number of ether oxygens (including phenoxy) is 2. The molecule has 0 heterocycles. The van der Waals surface area contributed by atoms with E-state index in [1.54, 1.807) is 24.3 Å². The standard InChI is InChI=1S/C17H20O7/c1-11-3-5-12(6-4-11)13(10-16(20)24-8-7-23-2)14(17(21)22)9-15(18)19/h3-6H,7-10H2,1-2H3,(H,18,19)(H,21,22). The van der Waals surface area contributed by atoms with Crippen molar-refractivity contribution in [3.8, 4) is 0 Å². The first-order chi connectivity index (χ1) is 11.3. The molecule has 0 radical (unpaired) electrons. The first-order valence-corrected chi connectivity index (χ1v) is 7.23. The van der Waals surface area contributed by atoms with Crippen LogP contribution in [-0.4, -0.2) is 48.4 Å². The van der Waals surface area contributed by atoms with E-state index in [1.165, 1.54) is 7.11 Å². The predicted octanol–water partition coefficient (Wildman–Crippen LogP) is 1.89. The lowest BCUT2D eigenvalue weighted by Crippen LogP contribution is -2.14. The Balaban J connectivity index is 3.19. The number of aliphatic carboxylic acids is 2. The highest BCUT2D eigenvalue weighted by molar-refractivity contribution is 6.03. The van der Waals surface area contributed by atoms with Gasteiger partial charge in [0.05, 0.1) is 25.0 Å². The summed E-state index contributed by atoms with van der Waals surface area (Å²) >= 11 is 0. The molecule has 0 aliphatic carbocycles. The molecule has 1 aromatic carbocycles. The zero-order chi connectivity index (χ0) is 18.1. The average Bonchev–Trinajstić information content (AvgIpc) is 2.51. The molecule has 0 saturated heterocycles. The fraction of sp³-hybridized carbons (Fsp3) is 0.353. The van der Waals surface area contributed by atoms with Crippen LogP contribution >= 0.6 is 0 Å². The number of rotatable bonds is 9. The monoisotopic (exact) mass is 336 g/mol. The van der Waals surface area contributed by atoms with Gasteiger partial charge in [0.1, 0.15) is 6.61 Å². The van der Waals surface area contributed by atoms with Crippen molar-refractivity contribution in [2.75, 3.05) is 20.3 Å². The molecule has 1 aromatic rings. The van der Waals surface area contributed by atoms with Gasteiger partial charge in [-0.15, -0.1) is 0 Å². The summed E-state index contributed by atoms with van der Waals surface area (Å²) in [6.45, 7) is 2.12. The summed E-state index contributed by atoms with van der Waals surface area (Å²) in [5.41, 5.74) is 1.22. The van der Waals surface area contributed by atoms with Gasteiger partial charge in [-0.3, -0.25) is 9.59 Å². The molecular formula is C17H20O7. The molecule has 0 unspecified atom stereocenters. The third kappa shape index (κ3) is 6.21. The maximum absolute atomic E-state index is 11.9. The fourth-order valence-corrected chi connectivity index (χ4v) is 2.03. The van der Waals surface area contributed by atoms with Crippen LogP contribution in [0.3, 0.4) is 0 Å². The van der Waals surface area contributed by atoms with Crippen molar-refractivity contribution in [1.82, 2.24) is 0 Å². The van der Waals surface area contributed by atoms with E-state index in [0.717, 1.165) is 5.56 Å². The van der Waals surface area contributed by atoms with Gasteiger partial charge < -0.3 is 19.7 Å². The second kappa shape index (κ2) is 9.46. The number of carbonyl (C=O) groups excluding carboxylic acids is 1. The highest BCUT2D eigenvalue weighted by Gasteiger charge is 2.21. The van der Waals surface area contributed by atoms with Crippen LogP contribution in [0.5, 0.6) is 0 Å². The molecule has 0 aliphatic heterocycles. The minimum atomic E-state index is -1.38. The van der Waals surface area contributed by atoms with Gasteiger partial charge >= 0.3 is 17.9 Å². The molecule has 0 fully saturated rings. The number of aryl methyl sites for hydroxylation is 1. The third-order valence-corrected chi connectivity index (χ3v) is 3.22. The summed E-state index contributed by atoms with van der Waals surface area (Å²) in [6.07, 6.45) is -1.02. The lowest BCUT2D eigenvalue weighted by atomic mass is 9.94. The summed E-state index contributed by atoms with van der Waals surface area (Å²) in [5.74, 6) is -3.31. The number of esters is 1. The first-order valence-electron chi connectivity index (χ1n) is 7.23. The van der Waals surface area contributed by atoms with Crippen LogP contribution in [0, 0.1) is 6.92 Å².